The standard InChI is InChI=1S/C12H21NO/c1-4-5-6-7-8-11-9-12(10(2)3)14-13-11/h12H,2,4-9H2,1,3H3. The molecule has 2 nitrogen and oxygen atoms in total. The van der Waals surface area contributed by atoms with Gasteiger partial charge in [0.05, 0.1) is 5.71 Å². The Bertz CT molecular complexity index is 220. The molecule has 0 aromatic carbocycles. The molecule has 1 aliphatic heterocycles. The second-order valence-corrected chi connectivity index (χ2v) is 4.11. The van der Waals surface area contributed by atoms with Gasteiger partial charge in [0.1, 0.15) is 0 Å². The lowest BCUT2D eigenvalue weighted by Gasteiger charge is -2.05. The van der Waals surface area contributed by atoms with Gasteiger partial charge < -0.3 is 4.84 Å². The Labute approximate surface area is 87.0 Å². The molecule has 0 aliphatic carbocycles. The summed E-state index contributed by atoms with van der Waals surface area (Å²) in [5.41, 5.74) is 2.30. The predicted molar refractivity (Wildman–Crippen MR) is 60.5 cm³/mol. The zero-order valence-corrected chi connectivity index (χ0v) is 9.38. The van der Waals surface area contributed by atoms with E-state index >= 15 is 0 Å². The largest absolute Gasteiger partial charge is 0.388 e. The molecule has 0 saturated carbocycles. The second-order valence-electron chi connectivity index (χ2n) is 4.11. The van der Waals surface area contributed by atoms with Gasteiger partial charge >= 0.3 is 0 Å². The molecule has 1 unspecified atom stereocenters. The zero-order valence-electron chi connectivity index (χ0n) is 9.38. The summed E-state index contributed by atoms with van der Waals surface area (Å²) in [4.78, 5) is 5.27. The first-order valence-electron chi connectivity index (χ1n) is 5.61. The van der Waals surface area contributed by atoms with E-state index < -0.39 is 0 Å². The first-order valence-corrected chi connectivity index (χ1v) is 5.61. The van der Waals surface area contributed by atoms with Crippen LogP contribution in [0.2, 0.25) is 0 Å². The molecule has 0 saturated heterocycles. The minimum atomic E-state index is 0.149. The van der Waals surface area contributed by atoms with Crippen molar-refractivity contribution in [2.75, 3.05) is 0 Å². The van der Waals surface area contributed by atoms with Crippen molar-refractivity contribution in [1.82, 2.24) is 0 Å². The van der Waals surface area contributed by atoms with Gasteiger partial charge in [-0.1, -0.05) is 37.9 Å². The highest BCUT2D eigenvalue weighted by molar-refractivity contribution is 5.85. The third kappa shape index (κ3) is 3.52. The summed E-state index contributed by atoms with van der Waals surface area (Å²) in [5.74, 6) is 0. The molecule has 2 heteroatoms. The van der Waals surface area contributed by atoms with Crippen LogP contribution < -0.4 is 0 Å². The van der Waals surface area contributed by atoms with Crippen LogP contribution in [0.1, 0.15) is 52.4 Å². The highest BCUT2D eigenvalue weighted by Gasteiger charge is 2.20. The highest BCUT2D eigenvalue weighted by atomic mass is 16.6. The number of hydrogen-bond acceptors (Lipinski definition) is 2. The van der Waals surface area contributed by atoms with Gasteiger partial charge in [-0.3, -0.25) is 0 Å². The summed E-state index contributed by atoms with van der Waals surface area (Å²) >= 11 is 0. The lowest BCUT2D eigenvalue weighted by molar-refractivity contribution is 0.112. The Morgan fingerprint density at radius 1 is 1.50 bits per heavy atom. The molecule has 0 N–H and O–H groups in total. The number of rotatable bonds is 6. The van der Waals surface area contributed by atoms with Crippen molar-refractivity contribution in [3.63, 3.8) is 0 Å². The van der Waals surface area contributed by atoms with Crippen LogP contribution in [0, 0.1) is 0 Å². The minimum absolute atomic E-state index is 0.149. The first kappa shape index (κ1) is 11.3. The van der Waals surface area contributed by atoms with Crippen molar-refractivity contribution in [2.45, 2.75) is 58.5 Å². The smallest absolute Gasteiger partial charge is 0.153 e. The number of nitrogens with zero attached hydrogens (tertiary/aromatic N) is 1. The topological polar surface area (TPSA) is 21.6 Å². The molecule has 1 rings (SSSR count). The van der Waals surface area contributed by atoms with E-state index in [1.54, 1.807) is 0 Å². The summed E-state index contributed by atoms with van der Waals surface area (Å²) in [6, 6.07) is 0. The van der Waals surface area contributed by atoms with Crippen molar-refractivity contribution < 1.29 is 4.84 Å². The molecule has 0 fully saturated rings. The quantitative estimate of drug-likeness (QED) is 0.468. The number of hydrogen-bond donors (Lipinski definition) is 0. The maximum absolute atomic E-state index is 5.27. The fourth-order valence-electron chi connectivity index (χ4n) is 1.59. The van der Waals surface area contributed by atoms with Crippen LogP contribution in [0.3, 0.4) is 0 Å². The molecule has 0 amide bonds. The lowest BCUT2D eigenvalue weighted by Crippen LogP contribution is -2.08. The van der Waals surface area contributed by atoms with E-state index in [9.17, 15) is 0 Å². The fraction of sp³-hybridized carbons (Fsp3) is 0.750. The van der Waals surface area contributed by atoms with Crippen molar-refractivity contribution in [1.29, 1.82) is 0 Å². The normalized spacial score (nSPS) is 20.4. The molecular formula is C12H21NO. The molecule has 0 spiro atoms. The molecule has 0 aromatic rings. The van der Waals surface area contributed by atoms with E-state index in [1.165, 1.54) is 31.4 Å². The molecular weight excluding hydrogens is 174 g/mol. The van der Waals surface area contributed by atoms with Crippen molar-refractivity contribution in [3.05, 3.63) is 12.2 Å². The van der Waals surface area contributed by atoms with Gasteiger partial charge in [-0.25, -0.2) is 0 Å². The van der Waals surface area contributed by atoms with Crippen LogP contribution in [0.4, 0.5) is 0 Å². The molecule has 80 valence electrons. The van der Waals surface area contributed by atoms with E-state index in [0.29, 0.717) is 0 Å². The van der Waals surface area contributed by atoms with E-state index in [2.05, 4.69) is 18.7 Å². The Morgan fingerprint density at radius 2 is 2.29 bits per heavy atom. The molecule has 0 radical (unpaired) electrons. The molecule has 0 bridgehead atoms. The summed E-state index contributed by atoms with van der Waals surface area (Å²) < 4.78 is 0. The van der Waals surface area contributed by atoms with Crippen LogP contribution in [0.5, 0.6) is 0 Å². The van der Waals surface area contributed by atoms with Gasteiger partial charge in [0, 0.05) is 6.42 Å². The summed E-state index contributed by atoms with van der Waals surface area (Å²) in [7, 11) is 0. The van der Waals surface area contributed by atoms with E-state index in [4.69, 9.17) is 4.84 Å². The van der Waals surface area contributed by atoms with Gasteiger partial charge in [-0.2, -0.15) is 0 Å². The van der Waals surface area contributed by atoms with Gasteiger partial charge in [-0.15, -0.1) is 0 Å². The second kappa shape index (κ2) is 5.84. The molecule has 0 aromatic heterocycles. The number of oxime groups is 1. The Kier molecular flexibility index (Phi) is 4.71. The van der Waals surface area contributed by atoms with Crippen molar-refractivity contribution >= 4 is 5.71 Å². The van der Waals surface area contributed by atoms with E-state index in [0.717, 1.165) is 18.4 Å². The predicted octanol–water partition coefficient (Wildman–Crippen LogP) is 3.68. The number of unbranched alkanes of at least 4 members (excludes halogenated alkanes) is 3. The summed E-state index contributed by atoms with van der Waals surface area (Å²) in [6.07, 6.45) is 7.39. The maximum Gasteiger partial charge on any atom is 0.153 e. The monoisotopic (exact) mass is 195 g/mol. The van der Waals surface area contributed by atoms with E-state index in [1.807, 2.05) is 6.92 Å². The Morgan fingerprint density at radius 3 is 2.86 bits per heavy atom. The van der Waals surface area contributed by atoms with E-state index in [-0.39, 0.29) is 6.10 Å². The van der Waals surface area contributed by atoms with Gasteiger partial charge in [0.15, 0.2) is 6.10 Å². The fourth-order valence-corrected chi connectivity index (χ4v) is 1.59. The average Bonchev–Trinajstić information content (AvgIpc) is 2.61. The first-order chi connectivity index (χ1) is 6.74. The Balaban J connectivity index is 2.12. The lowest BCUT2D eigenvalue weighted by atomic mass is 10.0. The van der Waals surface area contributed by atoms with Crippen molar-refractivity contribution in [2.24, 2.45) is 5.16 Å². The molecule has 1 heterocycles. The Hall–Kier alpha value is -0.790. The summed E-state index contributed by atoms with van der Waals surface area (Å²) in [6.45, 7) is 8.11. The minimum Gasteiger partial charge on any atom is -0.388 e. The van der Waals surface area contributed by atoms with Crippen LogP contribution in [-0.4, -0.2) is 11.8 Å². The SMILES string of the molecule is C=C(C)C1CC(CCCCCC)=NO1. The average molecular weight is 195 g/mol. The maximum atomic E-state index is 5.27. The third-order valence-electron chi connectivity index (χ3n) is 2.60. The molecule has 1 aliphatic rings. The van der Waals surface area contributed by atoms with Gasteiger partial charge in [0.2, 0.25) is 0 Å². The van der Waals surface area contributed by atoms with Gasteiger partial charge in [0.25, 0.3) is 0 Å². The molecule has 1 atom stereocenters. The highest BCUT2D eigenvalue weighted by Crippen LogP contribution is 2.19. The van der Waals surface area contributed by atoms with Crippen LogP contribution in [0.25, 0.3) is 0 Å². The van der Waals surface area contributed by atoms with Crippen LogP contribution in [0.15, 0.2) is 17.3 Å². The summed E-state index contributed by atoms with van der Waals surface area (Å²) in [5, 5.41) is 4.09. The third-order valence-corrected chi connectivity index (χ3v) is 2.60. The van der Waals surface area contributed by atoms with Crippen LogP contribution in [-0.2, 0) is 4.84 Å². The van der Waals surface area contributed by atoms with Gasteiger partial charge in [-0.05, 0) is 25.3 Å². The van der Waals surface area contributed by atoms with Crippen LogP contribution >= 0.6 is 0 Å². The zero-order chi connectivity index (χ0) is 10.4. The van der Waals surface area contributed by atoms with Crippen molar-refractivity contribution in [3.8, 4) is 0 Å². The molecule has 14 heavy (non-hydrogen) atoms.